The van der Waals surface area contributed by atoms with E-state index >= 15 is 0 Å². The largest absolute Gasteiger partial charge is 0.458 e. The summed E-state index contributed by atoms with van der Waals surface area (Å²) in [5.74, 6) is -2.76. The minimum absolute atomic E-state index is 0.0484. The number of nitrogens with one attached hydrogen (secondary N) is 3. The van der Waals surface area contributed by atoms with Crippen LogP contribution < -0.4 is 21.9 Å². The molecule has 0 unspecified atom stereocenters. The molecule has 41 heavy (non-hydrogen) atoms. The lowest BCUT2D eigenvalue weighted by Gasteiger charge is -2.26. The van der Waals surface area contributed by atoms with E-state index in [0.29, 0.717) is 11.4 Å². The number of aromatic amines is 1. The molecule has 13 nitrogen and oxygen atoms in total. The molecule has 0 saturated carbocycles. The SMILES string of the molecule is CC(C)(C)OC(=O)[C@H](F)C[C@H](NC(=O)c1ccc(NCc2cnc3nc(N)[nH]c(=O)c3n2)cc1)C(=O)OC(C)(C)C. The third-order valence-electron chi connectivity index (χ3n) is 5.21. The first-order valence-corrected chi connectivity index (χ1v) is 12.8. The van der Waals surface area contributed by atoms with Crippen molar-refractivity contribution in [1.82, 2.24) is 25.3 Å². The number of aromatic nitrogens is 4. The van der Waals surface area contributed by atoms with Crippen LogP contribution >= 0.6 is 0 Å². The molecule has 0 fully saturated rings. The zero-order valence-electron chi connectivity index (χ0n) is 23.7. The lowest BCUT2D eigenvalue weighted by Crippen LogP contribution is -2.46. The second kappa shape index (κ2) is 12.3. The molecule has 2 atom stereocenters. The normalized spacial score (nSPS) is 13.2. The number of nitrogens with two attached hydrogens (primary N) is 1. The Bertz CT molecular complexity index is 1480. The molecule has 0 saturated heterocycles. The van der Waals surface area contributed by atoms with Crippen LogP contribution in [0.1, 0.15) is 64.0 Å². The van der Waals surface area contributed by atoms with Crippen LogP contribution in [0.3, 0.4) is 0 Å². The zero-order valence-corrected chi connectivity index (χ0v) is 23.7. The van der Waals surface area contributed by atoms with Crippen molar-refractivity contribution in [1.29, 1.82) is 0 Å². The summed E-state index contributed by atoms with van der Waals surface area (Å²) in [5.41, 5.74) is 4.61. The number of halogens is 1. The number of rotatable bonds is 9. The molecule has 0 aliphatic carbocycles. The third kappa shape index (κ3) is 9.22. The van der Waals surface area contributed by atoms with E-state index in [1.165, 1.54) is 18.3 Å². The maximum atomic E-state index is 14.7. The van der Waals surface area contributed by atoms with Gasteiger partial charge in [-0.05, 0) is 65.8 Å². The van der Waals surface area contributed by atoms with Crippen molar-refractivity contribution in [3.8, 4) is 0 Å². The van der Waals surface area contributed by atoms with E-state index in [-0.39, 0.29) is 29.2 Å². The lowest BCUT2D eigenvalue weighted by molar-refractivity contribution is -0.163. The average Bonchev–Trinajstić information content (AvgIpc) is 2.85. The molecule has 0 aliphatic rings. The van der Waals surface area contributed by atoms with E-state index < -0.39 is 53.2 Å². The molecule has 3 rings (SSSR count). The van der Waals surface area contributed by atoms with Gasteiger partial charge in [-0.1, -0.05) is 0 Å². The van der Waals surface area contributed by atoms with Crippen molar-refractivity contribution < 1.29 is 28.2 Å². The van der Waals surface area contributed by atoms with E-state index in [1.54, 1.807) is 53.7 Å². The van der Waals surface area contributed by atoms with Gasteiger partial charge in [0.2, 0.25) is 5.95 Å². The van der Waals surface area contributed by atoms with E-state index in [0.717, 1.165) is 0 Å². The summed E-state index contributed by atoms with van der Waals surface area (Å²) in [6.45, 7) is 9.87. The lowest BCUT2D eigenvalue weighted by atomic mass is 10.1. The molecule has 220 valence electrons. The first-order valence-electron chi connectivity index (χ1n) is 12.8. The van der Waals surface area contributed by atoms with Crippen LogP contribution in [-0.2, 0) is 25.6 Å². The number of nitrogen functional groups attached to an aromatic ring is 1. The number of amides is 1. The highest BCUT2D eigenvalue weighted by Crippen LogP contribution is 2.17. The molecule has 1 aromatic carbocycles. The van der Waals surface area contributed by atoms with E-state index in [1.807, 2.05) is 0 Å². The van der Waals surface area contributed by atoms with Crippen LogP contribution in [0.4, 0.5) is 16.0 Å². The number of ether oxygens (including phenoxy) is 2. The Morgan fingerprint density at radius 2 is 1.61 bits per heavy atom. The van der Waals surface area contributed by atoms with Crippen molar-refractivity contribution in [2.75, 3.05) is 11.1 Å². The van der Waals surface area contributed by atoms with Gasteiger partial charge in [0.15, 0.2) is 17.3 Å². The molecule has 0 spiro atoms. The Morgan fingerprint density at radius 1 is 1.00 bits per heavy atom. The number of hydrogen-bond donors (Lipinski definition) is 4. The molecule has 3 aromatic rings. The van der Waals surface area contributed by atoms with E-state index in [4.69, 9.17) is 15.2 Å². The second-order valence-electron chi connectivity index (χ2n) is 11.2. The van der Waals surface area contributed by atoms with Crippen LogP contribution in [0.25, 0.3) is 11.2 Å². The molecule has 0 aliphatic heterocycles. The zero-order chi connectivity index (χ0) is 30.5. The topological polar surface area (TPSA) is 191 Å². The van der Waals surface area contributed by atoms with Gasteiger partial charge in [0, 0.05) is 17.7 Å². The Labute approximate surface area is 235 Å². The van der Waals surface area contributed by atoms with Crippen molar-refractivity contribution in [3.05, 3.63) is 52.1 Å². The Morgan fingerprint density at radius 3 is 2.22 bits per heavy atom. The number of nitrogens with zero attached hydrogens (tertiary/aromatic N) is 3. The molecular weight excluding hydrogens is 537 g/mol. The minimum atomic E-state index is -2.17. The van der Waals surface area contributed by atoms with Gasteiger partial charge in [0.1, 0.15) is 17.2 Å². The molecule has 14 heteroatoms. The summed E-state index contributed by atoms with van der Waals surface area (Å²) in [5, 5.41) is 5.56. The van der Waals surface area contributed by atoms with E-state index in [9.17, 15) is 23.6 Å². The number of fused-ring (bicyclic) bond motifs is 1. The number of hydrogen-bond acceptors (Lipinski definition) is 11. The first kappa shape index (κ1) is 30.9. The fourth-order valence-corrected chi connectivity index (χ4v) is 3.49. The minimum Gasteiger partial charge on any atom is -0.458 e. The van der Waals surface area contributed by atoms with Crippen LogP contribution in [0, 0.1) is 0 Å². The van der Waals surface area contributed by atoms with Crippen LogP contribution in [0.2, 0.25) is 0 Å². The molecule has 0 bridgehead atoms. The van der Waals surface area contributed by atoms with Gasteiger partial charge < -0.3 is 25.8 Å². The van der Waals surface area contributed by atoms with Gasteiger partial charge in [-0.15, -0.1) is 0 Å². The van der Waals surface area contributed by atoms with Gasteiger partial charge in [-0.2, -0.15) is 4.98 Å². The molecule has 2 heterocycles. The number of carbonyl (C=O) groups excluding carboxylic acids is 3. The van der Waals surface area contributed by atoms with Crippen molar-refractivity contribution in [3.63, 3.8) is 0 Å². The van der Waals surface area contributed by atoms with Crippen LogP contribution in [0.15, 0.2) is 35.3 Å². The van der Waals surface area contributed by atoms with Gasteiger partial charge in [0.25, 0.3) is 11.5 Å². The predicted octanol–water partition coefficient (Wildman–Crippen LogP) is 2.42. The fraction of sp³-hybridized carbons (Fsp3) is 0.444. The number of alkyl halides is 1. The summed E-state index contributed by atoms with van der Waals surface area (Å²) in [6.07, 6.45) is -1.37. The van der Waals surface area contributed by atoms with Crippen LogP contribution in [0.5, 0.6) is 0 Å². The van der Waals surface area contributed by atoms with Crippen molar-refractivity contribution in [2.24, 2.45) is 0 Å². The third-order valence-corrected chi connectivity index (χ3v) is 5.21. The molecule has 2 aromatic heterocycles. The van der Waals surface area contributed by atoms with E-state index in [2.05, 4.69) is 30.6 Å². The van der Waals surface area contributed by atoms with Crippen molar-refractivity contribution >= 4 is 40.6 Å². The number of H-pyrrole nitrogens is 1. The van der Waals surface area contributed by atoms with Gasteiger partial charge in [-0.25, -0.2) is 23.9 Å². The Balaban J connectivity index is 1.67. The number of benzene rings is 1. The highest BCUT2D eigenvalue weighted by Gasteiger charge is 2.34. The first-order chi connectivity index (χ1) is 19.0. The molecular formula is C27H34FN7O6. The maximum Gasteiger partial charge on any atom is 0.341 e. The van der Waals surface area contributed by atoms with Gasteiger partial charge >= 0.3 is 11.9 Å². The maximum absolute atomic E-state index is 14.7. The summed E-state index contributed by atoms with van der Waals surface area (Å²) in [7, 11) is 0. The Kier molecular flexibility index (Phi) is 9.25. The molecule has 5 N–H and O–H groups in total. The summed E-state index contributed by atoms with van der Waals surface area (Å²) < 4.78 is 25.1. The monoisotopic (exact) mass is 571 g/mol. The quantitative estimate of drug-likeness (QED) is 0.276. The van der Waals surface area contributed by atoms with Crippen LogP contribution in [-0.4, -0.2) is 61.2 Å². The number of carbonyl (C=O) groups is 3. The van der Waals surface area contributed by atoms with Gasteiger partial charge in [0.05, 0.1) is 18.4 Å². The Hall–Kier alpha value is -4.62. The molecule has 1 amide bonds. The fourth-order valence-electron chi connectivity index (χ4n) is 3.49. The van der Waals surface area contributed by atoms with Crippen molar-refractivity contribution in [2.45, 2.75) is 77.9 Å². The van der Waals surface area contributed by atoms with Gasteiger partial charge in [-0.3, -0.25) is 14.6 Å². The summed E-state index contributed by atoms with van der Waals surface area (Å²) in [4.78, 5) is 64.5. The summed E-state index contributed by atoms with van der Waals surface area (Å²) >= 11 is 0. The molecule has 0 radical (unpaired) electrons. The number of anilines is 2. The number of esters is 2. The highest BCUT2D eigenvalue weighted by atomic mass is 19.1. The summed E-state index contributed by atoms with van der Waals surface area (Å²) in [6, 6.07) is 4.77. The smallest absolute Gasteiger partial charge is 0.341 e. The standard InChI is InChI=1S/C27H34FN7O6/c1-26(2,3)40-23(38)17(28)11-18(24(39)41-27(4,5)6)33-21(36)14-7-9-15(10-8-14)30-12-16-13-31-20-19(32-16)22(37)35-25(29)34-20/h7-10,13,17-18,30H,11-12H2,1-6H3,(H,33,36)(H3,29,31,34,35,37)/t17-,18+/m1/s1. The average molecular weight is 572 g/mol. The highest BCUT2D eigenvalue weighted by molar-refractivity contribution is 5.97. The predicted molar refractivity (Wildman–Crippen MR) is 149 cm³/mol. The second-order valence-corrected chi connectivity index (χ2v) is 11.2.